The molecule has 1 saturated heterocycles. The van der Waals surface area contributed by atoms with Crippen LogP contribution in [0.15, 0.2) is 46.0 Å². The van der Waals surface area contributed by atoms with Crippen LogP contribution in [0.1, 0.15) is 5.56 Å². The number of nitriles is 1. The number of halogens is 3. The summed E-state index contributed by atoms with van der Waals surface area (Å²) in [6, 6.07) is 7.42. The average Bonchev–Trinajstić information content (AvgIpc) is 3.57. The van der Waals surface area contributed by atoms with Crippen LogP contribution in [-0.4, -0.2) is 61.8 Å². The van der Waals surface area contributed by atoms with E-state index in [0.29, 0.717) is 44.4 Å². The number of benzene rings is 2. The normalized spacial score (nSPS) is 14.4. The maximum Gasteiger partial charge on any atom is 0.279 e. The van der Waals surface area contributed by atoms with Gasteiger partial charge in [-0.2, -0.15) is 10.2 Å². The van der Waals surface area contributed by atoms with Crippen LogP contribution in [0.25, 0.3) is 39.5 Å². The number of ether oxygens (including phenoxy) is 1. The molecule has 2 aromatic carbocycles. The SMILES string of the molecule is N#Cc1c(F)ccc2c1n(CCN1CCOCC1)c(=O)c1c(-c3nc(-c4ccc(F)cc4F)no3)ncn12. The Morgan fingerprint density at radius 3 is 2.61 bits per heavy atom. The van der Waals surface area contributed by atoms with Gasteiger partial charge in [0.05, 0.1) is 29.8 Å². The molecule has 192 valence electrons. The highest BCUT2D eigenvalue weighted by Crippen LogP contribution is 2.28. The minimum Gasteiger partial charge on any atom is -0.379 e. The van der Waals surface area contributed by atoms with Gasteiger partial charge in [-0.3, -0.25) is 14.1 Å². The minimum absolute atomic E-state index is 0.0288. The molecule has 1 aliphatic rings. The lowest BCUT2D eigenvalue weighted by Crippen LogP contribution is -2.39. The number of hydrogen-bond acceptors (Lipinski definition) is 8. The first-order valence-electron chi connectivity index (χ1n) is 11.7. The van der Waals surface area contributed by atoms with Crippen LogP contribution in [0, 0.1) is 28.8 Å². The summed E-state index contributed by atoms with van der Waals surface area (Å²) in [6.07, 6.45) is 1.34. The number of imidazole rings is 1. The first kappa shape index (κ1) is 23.8. The van der Waals surface area contributed by atoms with Crippen molar-refractivity contribution in [3.8, 4) is 29.0 Å². The second-order valence-corrected chi connectivity index (χ2v) is 8.67. The predicted octanol–water partition coefficient (Wildman–Crippen LogP) is 2.99. The molecule has 0 radical (unpaired) electrons. The van der Waals surface area contributed by atoms with Crippen LogP contribution in [0.2, 0.25) is 0 Å². The fraction of sp³-hybridized carbons (Fsp3) is 0.240. The zero-order valence-corrected chi connectivity index (χ0v) is 19.7. The van der Waals surface area contributed by atoms with Crippen LogP contribution < -0.4 is 5.56 Å². The summed E-state index contributed by atoms with van der Waals surface area (Å²) in [5.41, 5.74) is -0.290. The summed E-state index contributed by atoms with van der Waals surface area (Å²) >= 11 is 0. The van der Waals surface area contributed by atoms with E-state index in [4.69, 9.17) is 9.26 Å². The Labute approximate surface area is 212 Å². The summed E-state index contributed by atoms with van der Waals surface area (Å²) in [7, 11) is 0. The Morgan fingerprint density at radius 2 is 1.84 bits per heavy atom. The van der Waals surface area contributed by atoms with Crippen LogP contribution in [0.3, 0.4) is 0 Å². The van der Waals surface area contributed by atoms with Crippen molar-refractivity contribution in [1.29, 1.82) is 5.26 Å². The lowest BCUT2D eigenvalue weighted by Gasteiger charge is -2.27. The molecule has 0 N–H and O–H groups in total. The highest BCUT2D eigenvalue weighted by molar-refractivity contribution is 5.87. The van der Waals surface area contributed by atoms with Gasteiger partial charge in [-0.25, -0.2) is 18.2 Å². The number of rotatable bonds is 5. The zero-order valence-electron chi connectivity index (χ0n) is 19.7. The molecule has 0 atom stereocenters. The van der Waals surface area contributed by atoms with Gasteiger partial charge in [-0.05, 0) is 24.3 Å². The van der Waals surface area contributed by atoms with Crippen molar-refractivity contribution in [2.45, 2.75) is 6.54 Å². The monoisotopic (exact) mass is 521 g/mol. The summed E-state index contributed by atoms with van der Waals surface area (Å²) in [4.78, 5) is 24.4. The van der Waals surface area contributed by atoms with Crippen molar-refractivity contribution < 1.29 is 22.4 Å². The molecule has 10 nitrogen and oxygen atoms in total. The molecular weight excluding hydrogens is 503 g/mol. The van der Waals surface area contributed by atoms with Crippen molar-refractivity contribution in [2.24, 2.45) is 0 Å². The molecule has 1 aliphatic heterocycles. The van der Waals surface area contributed by atoms with Gasteiger partial charge in [0.1, 0.15) is 40.9 Å². The van der Waals surface area contributed by atoms with Crippen molar-refractivity contribution in [2.75, 3.05) is 32.8 Å². The van der Waals surface area contributed by atoms with Crippen LogP contribution in [0.4, 0.5) is 13.2 Å². The van der Waals surface area contributed by atoms with Crippen molar-refractivity contribution >= 4 is 16.6 Å². The number of hydrogen-bond donors (Lipinski definition) is 0. The number of nitrogens with zero attached hydrogens (tertiary/aromatic N) is 7. The lowest BCUT2D eigenvalue weighted by atomic mass is 10.1. The Morgan fingerprint density at radius 1 is 1.03 bits per heavy atom. The minimum atomic E-state index is -0.880. The largest absolute Gasteiger partial charge is 0.379 e. The topological polar surface area (TPSA) is 114 Å². The Bertz CT molecular complexity index is 1800. The molecule has 0 bridgehead atoms. The van der Waals surface area contributed by atoms with Gasteiger partial charge in [-0.15, -0.1) is 0 Å². The molecule has 0 spiro atoms. The van der Waals surface area contributed by atoms with E-state index in [0.717, 1.165) is 12.1 Å². The van der Waals surface area contributed by atoms with Gasteiger partial charge >= 0.3 is 0 Å². The average molecular weight is 521 g/mol. The Kier molecular flexibility index (Phi) is 5.90. The fourth-order valence-electron chi connectivity index (χ4n) is 4.63. The van der Waals surface area contributed by atoms with E-state index in [9.17, 15) is 23.2 Å². The first-order chi connectivity index (χ1) is 18.5. The Hall–Kier alpha value is -4.54. The van der Waals surface area contributed by atoms with Crippen LogP contribution in [0.5, 0.6) is 0 Å². The lowest BCUT2D eigenvalue weighted by molar-refractivity contribution is 0.0364. The smallest absolute Gasteiger partial charge is 0.279 e. The number of aromatic nitrogens is 5. The second-order valence-electron chi connectivity index (χ2n) is 8.67. The van der Waals surface area contributed by atoms with E-state index < -0.39 is 23.0 Å². The van der Waals surface area contributed by atoms with Crippen LogP contribution in [-0.2, 0) is 11.3 Å². The van der Waals surface area contributed by atoms with E-state index in [1.54, 1.807) is 0 Å². The van der Waals surface area contributed by atoms with Crippen molar-refractivity contribution in [1.82, 2.24) is 29.0 Å². The number of morpholine rings is 1. The van der Waals surface area contributed by atoms with E-state index in [1.807, 2.05) is 6.07 Å². The number of fused-ring (bicyclic) bond motifs is 3. The van der Waals surface area contributed by atoms with E-state index >= 15 is 0 Å². The third-order valence-electron chi connectivity index (χ3n) is 6.51. The summed E-state index contributed by atoms with van der Waals surface area (Å²) in [6.45, 7) is 3.12. The molecule has 0 unspecified atom stereocenters. The quantitative estimate of drug-likeness (QED) is 0.347. The van der Waals surface area contributed by atoms with E-state index in [2.05, 4.69) is 20.0 Å². The van der Waals surface area contributed by atoms with Crippen molar-refractivity contribution in [3.63, 3.8) is 0 Å². The van der Waals surface area contributed by atoms with Gasteiger partial charge in [0, 0.05) is 32.2 Å². The van der Waals surface area contributed by atoms with Gasteiger partial charge < -0.3 is 13.8 Å². The maximum atomic E-state index is 14.6. The standard InChI is InChI=1S/C25H18F3N7O3/c26-14-1-2-15(18(28)11-14)23-31-24(38-32-23)20-22-25(36)34(6-5-33-7-9-37-10-8-33)21-16(12-29)17(27)3-4-19(21)35(22)13-30-20/h1-4,11,13H,5-10H2. The summed E-state index contributed by atoms with van der Waals surface area (Å²) in [5, 5.41) is 13.5. The molecule has 0 saturated carbocycles. The summed E-state index contributed by atoms with van der Waals surface area (Å²) in [5.74, 6) is -2.70. The molecule has 0 aliphatic carbocycles. The molecule has 3 aromatic heterocycles. The third kappa shape index (κ3) is 3.90. The molecule has 1 fully saturated rings. The molecule has 5 aromatic rings. The summed E-state index contributed by atoms with van der Waals surface area (Å²) < 4.78 is 55.7. The predicted molar refractivity (Wildman–Crippen MR) is 128 cm³/mol. The molecule has 4 heterocycles. The first-order valence-corrected chi connectivity index (χ1v) is 11.7. The van der Waals surface area contributed by atoms with Gasteiger partial charge in [0.2, 0.25) is 5.82 Å². The molecule has 6 rings (SSSR count). The fourth-order valence-corrected chi connectivity index (χ4v) is 4.63. The Balaban J connectivity index is 1.52. The van der Waals surface area contributed by atoms with E-state index in [-0.39, 0.29) is 46.1 Å². The highest BCUT2D eigenvalue weighted by Gasteiger charge is 2.25. The molecule has 13 heteroatoms. The zero-order chi connectivity index (χ0) is 26.4. The molecule has 0 amide bonds. The molecular formula is C25H18F3N7O3. The maximum absolute atomic E-state index is 14.6. The molecule has 38 heavy (non-hydrogen) atoms. The third-order valence-corrected chi connectivity index (χ3v) is 6.51. The van der Waals surface area contributed by atoms with Gasteiger partial charge in [0.15, 0.2) is 5.69 Å². The van der Waals surface area contributed by atoms with E-state index in [1.165, 1.54) is 27.4 Å². The highest BCUT2D eigenvalue weighted by atomic mass is 19.1. The second kappa shape index (κ2) is 9.40. The van der Waals surface area contributed by atoms with Gasteiger partial charge in [-0.1, -0.05) is 5.16 Å². The van der Waals surface area contributed by atoms with Crippen LogP contribution >= 0.6 is 0 Å². The van der Waals surface area contributed by atoms with Crippen molar-refractivity contribution in [3.05, 3.63) is 70.0 Å². The van der Waals surface area contributed by atoms with Gasteiger partial charge in [0.25, 0.3) is 11.4 Å².